The van der Waals surface area contributed by atoms with Crippen LogP contribution in [0.5, 0.6) is 0 Å². The molecular weight excluding hydrogens is 633 g/mol. The predicted octanol–water partition coefficient (Wildman–Crippen LogP) is 2.18. The van der Waals surface area contributed by atoms with Gasteiger partial charge in [-0.05, 0) is 37.8 Å². The number of piperidine rings is 2. The molecule has 3 aliphatic heterocycles. The molecule has 46 heavy (non-hydrogen) atoms. The third-order valence-corrected chi connectivity index (χ3v) is 11.2. The number of halogens is 3. The first-order valence-electron chi connectivity index (χ1n) is 15.3. The minimum atomic E-state index is -3.49. The van der Waals surface area contributed by atoms with Crippen molar-refractivity contribution in [1.82, 2.24) is 28.8 Å². The molecule has 3 aromatic rings. The van der Waals surface area contributed by atoms with E-state index in [1.165, 1.54) is 18.0 Å². The van der Waals surface area contributed by atoms with E-state index in [-0.39, 0.29) is 23.6 Å². The summed E-state index contributed by atoms with van der Waals surface area (Å²) in [7, 11) is -2.07. The van der Waals surface area contributed by atoms with Gasteiger partial charge in [0.1, 0.15) is 35.8 Å². The Morgan fingerprint density at radius 3 is 2.33 bits per heavy atom. The number of aliphatic hydroxyl groups excluding tert-OH is 2. The lowest BCUT2D eigenvalue weighted by Gasteiger charge is -2.43. The monoisotopic (exact) mass is 670 g/mol. The molecule has 0 bridgehead atoms. The van der Waals surface area contributed by atoms with Crippen LogP contribution >= 0.6 is 0 Å². The van der Waals surface area contributed by atoms with Gasteiger partial charge in [0.15, 0.2) is 17.5 Å². The zero-order valence-electron chi connectivity index (χ0n) is 25.2. The minimum Gasteiger partial charge on any atom is -0.394 e. The Balaban J connectivity index is 1.15. The highest BCUT2D eigenvalue weighted by Gasteiger charge is 2.47. The van der Waals surface area contributed by atoms with E-state index in [1.54, 1.807) is 14.7 Å². The molecule has 3 saturated heterocycles. The summed E-state index contributed by atoms with van der Waals surface area (Å²) in [6.45, 7) is 1.35. The van der Waals surface area contributed by atoms with Crippen molar-refractivity contribution in [2.24, 2.45) is 0 Å². The van der Waals surface area contributed by atoms with Crippen LogP contribution in [0, 0.1) is 17.5 Å². The maximum Gasteiger partial charge on any atom is 0.281 e. The molecule has 0 radical (unpaired) electrons. The van der Waals surface area contributed by atoms with E-state index in [9.17, 15) is 31.8 Å². The van der Waals surface area contributed by atoms with E-state index >= 15 is 0 Å². The second-order valence-electron chi connectivity index (χ2n) is 12.0. The third-order valence-electron chi connectivity index (χ3n) is 9.14. The topological polar surface area (TPSA) is 156 Å². The van der Waals surface area contributed by atoms with E-state index < -0.39 is 64.7 Å². The Hall–Kier alpha value is -2.93. The molecule has 1 aromatic carbocycles. The van der Waals surface area contributed by atoms with Crippen LogP contribution in [0.2, 0.25) is 0 Å². The van der Waals surface area contributed by atoms with Gasteiger partial charge in [-0.3, -0.25) is 0 Å². The number of methoxy groups -OCH3 is 1. The summed E-state index contributed by atoms with van der Waals surface area (Å²) in [6.07, 6.45) is 1.58. The molecule has 0 saturated carbocycles. The summed E-state index contributed by atoms with van der Waals surface area (Å²) in [5.41, 5.74) is 0.506. The molecule has 0 amide bonds. The molecule has 17 heteroatoms. The molecule has 5 atom stereocenters. The minimum absolute atomic E-state index is 0.0194. The first-order chi connectivity index (χ1) is 22.1. The SMILES string of the molecule is CO[C@@H]1[C@@H](n2cc(-c3cc(F)c(F)c(F)c3)nn2)[C@@H](O)[C@@H](CO)O[C@@H]1Cc1cc(C2CCN(S(=O)(=O)N3CCCCC3)CC2)on1. The summed E-state index contributed by atoms with van der Waals surface area (Å²) in [4.78, 5) is 0. The molecule has 0 aliphatic carbocycles. The number of ether oxygens (including phenoxy) is 2. The van der Waals surface area contributed by atoms with Crippen molar-refractivity contribution >= 4 is 10.2 Å². The van der Waals surface area contributed by atoms with Gasteiger partial charge in [-0.2, -0.15) is 17.0 Å². The Bertz CT molecular complexity index is 1590. The average molecular weight is 671 g/mol. The van der Waals surface area contributed by atoms with Crippen LogP contribution in [-0.4, -0.2) is 112 Å². The predicted molar refractivity (Wildman–Crippen MR) is 155 cm³/mol. The summed E-state index contributed by atoms with van der Waals surface area (Å²) in [5, 5.41) is 33.3. The van der Waals surface area contributed by atoms with Gasteiger partial charge in [-0.25, -0.2) is 17.9 Å². The number of hydrogen-bond acceptors (Lipinski definition) is 10. The Morgan fingerprint density at radius 1 is 1.00 bits per heavy atom. The van der Waals surface area contributed by atoms with E-state index in [2.05, 4.69) is 15.5 Å². The van der Waals surface area contributed by atoms with Crippen LogP contribution in [0.1, 0.15) is 55.5 Å². The second-order valence-corrected chi connectivity index (χ2v) is 13.9. The fourth-order valence-corrected chi connectivity index (χ4v) is 8.36. The number of rotatable bonds is 9. The number of nitrogens with zero attached hydrogens (tertiary/aromatic N) is 6. The van der Waals surface area contributed by atoms with Crippen LogP contribution in [-0.2, 0) is 26.1 Å². The van der Waals surface area contributed by atoms with Gasteiger partial charge in [0.2, 0.25) is 0 Å². The van der Waals surface area contributed by atoms with E-state index in [1.807, 2.05) is 0 Å². The zero-order chi connectivity index (χ0) is 32.6. The summed E-state index contributed by atoms with van der Waals surface area (Å²) in [6, 6.07) is 2.45. The Kier molecular flexibility index (Phi) is 9.80. The van der Waals surface area contributed by atoms with E-state index in [0.717, 1.165) is 31.4 Å². The zero-order valence-corrected chi connectivity index (χ0v) is 26.0. The van der Waals surface area contributed by atoms with Crippen molar-refractivity contribution in [3.8, 4) is 11.3 Å². The highest BCUT2D eigenvalue weighted by Crippen LogP contribution is 2.36. The standard InChI is InChI=1S/C29H37F3N6O7S/c1-43-29-24(14-19-13-23(45-34-19)17-5-9-37(10-6-17)46(41,42)36-7-3-2-4-8-36)44-25(16-39)28(40)27(29)38-15-22(33-35-38)18-11-20(30)26(32)21(31)12-18/h11-13,15,17,24-25,27-29,39-40H,2-10,14,16H2,1H3/t24-,25-,27+,28+,29+/m1/s1. The molecule has 6 rings (SSSR count). The van der Waals surface area contributed by atoms with E-state index in [0.29, 0.717) is 50.5 Å². The van der Waals surface area contributed by atoms with Crippen LogP contribution in [0.15, 0.2) is 28.9 Å². The van der Waals surface area contributed by atoms with Gasteiger partial charge in [0, 0.05) is 57.3 Å². The molecule has 3 fully saturated rings. The van der Waals surface area contributed by atoms with Crippen molar-refractivity contribution in [3.63, 3.8) is 0 Å². The number of benzene rings is 1. The lowest BCUT2D eigenvalue weighted by Crippen LogP contribution is -2.57. The van der Waals surface area contributed by atoms with Crippen molar-refractivity contribution in [1.29, 1.82) is 0 Å². The fraction of sp³-hybridized carbons (Fsp3) is 0.621. The van der Waals surface area contributed by atoms with Gasteiger partial charge < -0.3 is 24.2 Å². The highest BCUT2D eigenvalue weighted by molar-refractivity contribution is 7.86. The molecule has 13 nitrogen and oxygen atoms in total. The Labute approximate surface area is 264 Å². The van der Waals surface area contributed by atoms with Crippen LogP contribution in [0.4, 0.5) is 13.2 Å². The number of aromatic nitrogens is 4. The summed E-state index contributed by atoms with van der Waals surface area (Å²) < 4.78 is 89.2. The van der Waals surface area contributed by atoms with Crippen molar-refractivity contribution in [2.45, 2.75) is 74.9 Å². The van der Waals surface area contributed by atoms with Crippen LogP contribution in [0.25, 0.3) is 11.3 Å². The van der Waals surface area contributed by atoms with Gasteiger partial charge in [-0.15, -0.1) is 5.10 Å². The maximum absolute atomic E-state index is 13.9. The van der Waals surface area contributed by atoms with Gasteiger partial charge in [-0.1, -0.05) is 16.8 Å². The smallest absolute Gasteiger partial charge is 0.281 e. The first kappa shape index (κ1) is 33.0. The van der Waals surface area contributed by atoms with Gasteiger partial charge in [0.25, 0.3) is 10.2 Å². The number of aliphatic hydroxyl groups is 2. The average Bonchev–Trinajstić information content (AvgIpc) is 3.75. The summed E-state index contributed by atoms with van der Waals surface area (Å²) >= 11 is 0. The van der Waals surface area contributed by atoms with Crippen LogP contribution < -0.4 is 0 Å². The van der Waals surface area contributed by atoms with Gasteiger partial charge in [0.05, 0.1) is 24.6 Å². The molecule has 2 N–H and O–H groups in total. The second kappa shape index (κ2) is 13.7. The quantitative estimate of drug-likeness (QED) is 0.324. The molecule has 2 aromatic heterocycles. The van der Waals surface area contributed by atoms with Gasteiger partial charge >= 0.3 is 0 Å². The molecular formula is C29H37F3N6O7S. The molecule has 0 unspecified atom stereocenters. The third kappa shape index (κ3) is 6.46. The van der Waals surface area contributed by atoms with Crippen molar-refractivity contribution in [3.05, 3.63) is 53.3 Å². The maximum atomic E-state index is 13.9. The van der Waals surface area contributed by atoms with Crippen molar-refractivity contribution in [2.75, 3.05) is 39.9 Å². The van der Waals surface area contributed by atoms with Crippen molar-refractivity contribution < 1.29 is 45.8 Å². The fourth-order valence-electron chi connectivity index (χ4n) is 6.64. The lowest BCUT2D eigenvalue weighted by molar-refractivity contribution is -0.212. The summed E-state index contributed by atoms with van der Waals surface area (Å²) in [5.74, 6) is -3.76. The first-order valence-corrected chi connectivity index (χ1v) is 16.7. The Morgan fingerprint density at radius 2 is 1.67 bits per heavy atom. The molecule has 0 spiro atoms. The molecule has 252 valence electrons. The lowest BCUT2D eigenvalue weighted by atomic mass is 9.90. The molecule has 3 aliphatic rings. The number of hydrogen-bond donors (Lipinski definition) is 2. The van der Waals surface area contributed by atoms with Crippen LogP contribution in [0.3, 0.4) is 0 Å². The largest absolute Gasteiger partial charge is 0.394 e. The van der Waals surface area contributed by atoms with E-state index in [4.69, 9.17) is 14.0 Å². The highest BCUT2D eigenvalue weighted by atomic mass is 32.2. The normalized spacial score (nSPS) is 27.3. The molecule has 5 heterocycles.